The van der Waals surface area contributed by atoms with E-state index in [-0.39, 0.29) is 23.0 Å². The van der Waals surface area contributed by atoms with E-state index in [0.717, 1.165) is 0 Å². The van der Waals surface area contributed by atoms with Crippen LogP contribution in [0.25, 0.3) is 0 Å². The molecule has 0 aliphatic heterocycles. The Kier molecular flexibility index (Phi) is 5.77. The van der Waals surface area contributed by atoms with Crippen LogP contribution in [0.2, 0.25) is 0 Å². The number of aryl methyl sites for hydroxylation is 2. The van der Waals surface area contributed by atoms with Crippen LogP contribution in [0.3, 0.4) is 0 Å². The number of hydrogen-bond donors (Lipinski definition) is 1. The van der Waals surface area contributed by atoms with Gasteiger partial charge in [-0.15, -0.1) is 0 Å². The van der Waals surface area contributed by atoms with Crippen molar-refractivity contribution in [3.05, 3.63) is 23.3 Å². The largest absolute Gasteiger partial charge is 0.493 e. The van der Waals surface area contributed by atoms with Gasteiger partial charge in [0, 0.05) is 5.75 Å². The zero-order valence-electron chi connectivity index (χ0n) is 12.4. The van der Waals surface area contributed by atoms with E-state index in [2.05, 4.69) is 0 Å². The Bertz CT molecular complexity index is 708. The lowest BCUT2D eigenvalue weighted by Crippen LogP contribution is -2.15. The van der Waals surface area contributed by atoms with Gasteiger partial charge < -0.3 is 4.74 Å². The number of hydrogen-bond acceptors (Lipinski definition) is 5. The predicted octanol–water partition coefficient (Wildman–Crippen LogP) is 1.15. The van der Waals surface area contributed by atoms with Crippen LogP contribution in [0, 0.1) is 13.8 Å². The lowest BCUT2D eigenvalue weighted by molar-refractivity contribution is 0.315. The second kappa shape index (κ2) is 6.76. The van der Waals surface area contributed by atoms with Gasteiger partial charge in [-0.3, -0.25) is 0 Å². The van der Waals surface area contributed by atoms with Gasteiger partial charge in [0.1, 0.15) is 15.6 Å². The Morgan fingerprint density at radius 3 is 2.24 bits per heavy atom. The van der Waals surface area contributed by atoms with E-state index in [1.165, 1.54) is 6.07 Å². The minimum atomic E-state index is -3.76. The molecule has 0 saturated heterocycles. The van der Waals surface area contributed by atoms with Crippen LogP contribution in [-0.2, 0) is 19.9 Å². The molecule has 0 aromatic heterocycles. The molecule has 0 aliphatic carbocycles. The van der Waals surface area contributed by atoms with Crippen molar-refractivity contribution in [3.63, 3.8) is 0 Å². The van der Waals surface area contributed by atoms with Gasteiger partial charge in [-0.2, -0.15) is 0 Å². The summed E-state index contributed by atoms with van der Waals surface area (Å²) in [6.45, 7) is 5.21. The molecule has 2 N–H and O–H groups in total. The molecule has 0 spiro atoms. The lowest BCUT2D eigenvalue weighted by atomic mass is 10.1. The molecular weight excluding hydrogens is 314 g/mol. The summed E-state index contributed by atoms with van der Waals surface area (Å²) in [6, 6.07) is 3.06. The number of rotatable bonds is 7. The number of sulfone groups is 1. The Hall–Kier alpha value is -1.12. The smallest absolute Gasteiger partial charge is 0.238 e. The highest BCUT2D eigenvalue weighted by atomic mass is 32.2. The predicted molar refractivity (Wildman–Crippen MR) is 81.7 cm³/mol. The van der Waals surface area contributed by atoms with Gasteiger partial charge >= 0.3 is 0 Å². The number of benzene rings is 1. The van der Waals surface area contributed by atoms with Crippen molar-refractivity contribution in [2.75, 3.05) is 18.1 Å². The molecule has 6 nitrogen and oxygen atoms in total. The maximum atomic E-state index is 11.4. The van der Waals surface area contributed by atoms with Crippen molar-refractivity contribution in [3.8, 4) is 5.75 Å². The van der Waals surface area contributed by atoms with Crippen molar-refractivity contribution in [2.45, 2.75) is 32.1 Å². The molecule has 0 saturated carbocycles. The maximum Gasteiger partial charge on any atom is 0.238 e. The summed E-state index contributed by atoms with van der Waals surface area (Å²) in [5.41, 5.74) is 1.14. The first kappa shape index (κ1) is 17.9. The quantitative estimate of drug-likeness (QED) is 0.753. The molecule has 1 rings (SSSR count). The normalized spacial score (nSPS) is 12.4. The molecule has 1 aromatic rings. The van der Waals surface area contributed by atoms with Crippen molar-refractivity contribution in [1.29, 1.82) is 0 Å². The third-order valence-corrected chi connectivity index (χ3v) is 5.92. The summed E-state index contributed by atoms with van der Waals surface area (Å²) in [6.07, 6.45) is 0.394. The number of primary sulfonamides is 1. The van der Waals surface area contributed by atoms with Gasteiger partial charge in [0.2, 0.25) is 10.0 Å². The molecule has 0 amide bonds. The number of nitrogens with two attached hydrogens (primary N) is 1. The van der Waals surface area contributed by atoms with Crippen LogP contribution in [0.5, 0.6) is 5.75 Å². The first-order valence-corrected chi connectivity index (χ1v) is 9.91. The summed E-state index contributed by atoms with van der Waals surface area (Å²) < 4.78 is 51.0. The Labute approximate surface area is 126 Å². The van der Waals surface area contributed by atoms with E-state index < -0.39 is 19.9 Å². The highest BCUT2D eigenvalue weighted by molar-refractivity contribution is 7.91. The third-order valence-electron chi connectivity index (χ3n) is 3.08. The first-order chi connectivity index (χ1) is 9.57. The molecule has 0 aliphatic rings. The summed E-state index contributed by atoms with van der Waals surface area (Å²) in [7, 11) is -6.75. The molecule has 21 heavy (non-hydrogen) atoms. The fourth-order valence-corrected chi connectivity index (χ4v) is 3.53. The topological polar surface area (TPSA) is 104 Å². The zero-order chi connectivity index (χ0) is 16.3. The van der Waals surface area contributed by atoms with Crippen LogP contribution in [0.4, 0.5) is 0 Å². The third kappa shape index (κ3) is 5.29. The van der Waals surface area contributed by atoms with Crippen molar-refractivity contribution >= 4 is 19.9 Å². The van der Waals surface area contributed by atoms with Gasteiger partial charge in [0.15, 0.2) is 0 Å². The summed E-state index contributed by atoms with van der Waals surface area (Å²) in [4.78, 5) is 0.0703. The van der Waals surface area contributed by atoms with Crippen LogP contribution < -0.4 is 9.88 Å². The summed E-state index contributed by atoms with van der Waals surface area (Å²) in [5, 5.41) is 5.13. The minimum absolute atomic E-state index is 0.0703. The monoisotopic (exact) mass is 335 g/mol. The van der Waals surface area contributed by atoms with Crippen molar-refractivity contribution < 1.29 is 21.6 Å². The molecular formula is C13H21NO5S2. The van der Waals surface area contributed by atoms with E-state index in [4.69, 9.17) is 9.88 Å². The molecule has 0 bridgehead atoms. The molecule has 8 heteroatoms. The average molecular weight is 335 g/mol. The zero-order valence-corrected chi connectivity index (χ0v) is 14.1. The van der Waals surface area contributed by atoms with E-state index in [9.17, 15) is 16.8 Å². The van der Waals surface area contributed by atoms with Crippen LogP contribution in [-0.4, -0.2) is 34.9 Å². The first-order valence-electron chi connectivity index (χ1n) is 6.54. The van der Waals surface area contributed by atoms with E-state index in [0.29, 0.717) is 23.3 Å². The molecule has 0 heterocycles. The maximum absolute atomic E-state index is 11.4. The molecule has 0 atom stereocenters. The minimum Gasteiger partial charge on any atom is -0.493 e. The Balaban J connectivity index is 2.76. The second-order valence-corrected chi connectivity index (χ2v) is 8.87. The fraction of sp³-hybridized carbons (Fsp3) is 0.538. The highest BCUT2D eigenvalue weighted by Crippen LogP contribution is 2.25. The molecule has 0 fully saturated rings. The van der Waals surface area contributed by atoms with Crippen molar-refractivity contribution in [2.24, 2.45) is 5.14 Å². The SMILES string of the molecule is CCS(=O)(=O)CCCOc1cc(C)c(S(N)(=O)=O)cc1C. The van der Waals surface area contributed by atoms with Crippen molar-refractivity contribution in [1.82, 2.24) is 0 Å². The number of ether oxygens (including phenoxy) is 1. The van der Waals surface area contributed by atoms with Crippen LogP contribution in [0.15, 0.2) is 17.0 Å². The average Bonchev–Trinajstić information content (AvgIpc) is 2.36. The molecule has 120 valence electrons. The lowest BCUT2D eigenvalue weighted by Gasteiger charge is -2.12. The van der Waals surface area contributed by atoms with Gasteiger partial charge in [-0.25, -0.2) is 22.0 Å². The Morgan fingerprint density at radius 1 is 1.10 bits per heavy atom. The van der Waals surface area contributed by atoms with E-state index in [1.807, 2.05) is 0 Å². The fourth-order valence-electron chi connectivity index (χ4n) is 1.83. The number of sulfonamides is 1. The van der Waals surface area contributed by atoms with Gasteiger partial charge in [0.25, 0.3) is 0 Å². The van der Waals surface area contributed by atoms with Crippen LogP contribution in [0.1, 0.15) is 24.5 Å². The van der Waals surface area contributed by atoms with Gasteiger partial charge in [-0.05, 0) is 43.5 Å². The molecule has 0 radical (unpaired) electrons. The van der Waals surface area contributed by atoms with E-state index in [1.54, 1.807) is 26.8 Å². The summed E-state index contributed by atoms with van der Waals surface area (Å²) >= 11 is 0. The highest BCUT2D eigenvalue weighted by Gasteiger charge is 2.14. The molecule has 0 unspecified atom stereocenters. The molecule has 1 aromatic carbocycles. The van der Waals surface area contributed by atoms with E-state index >= 15 is 0 Å². The second-order valence-electron chi connectivity index (χ2n) is 4.87. The Morgan fingerprint density at radius 2 is 1.71 bits per heavy atom. The van der Waals surface area contributed by atoms with Crippen LogP contribution >= 0.6 is 0 Å². The van der Waals surface area contributed by atoms with Gasteiger partial charge in [0.05, 0.1) is 17.3 Å². The van der Waals surface area contributed by atoms with Gasteiger partial charge in [-0.1, -0.05) is 6.92 Å². The standard InChI is InChI=1S/C13H21NO5S2/c1-4-20(15,16)7-5-6-19-12-8-11(3)13(9-10(12)2)21(14,17)18/h8-9H,4-7H2,1-3H3,(H2,14,17,18). The summed E-state index contributed by atoms with van der Waals surface area (Å²) in [5.74, 6) is 0.735.